The summed E-state index contributed by atoms with van der Waals surface area (Å²) in [6.07, 6.45) is 5.71. The Morgan fingerprint density at radius 1 is 1.16 bits per heavy atom. The van der Waals surface area contributed by atoms with Gasteiger partial charge in [0.1, 0.15) is 17.1 Å². The summed E-state index contributed by atoms with van der Waals surface area (Å²) in [5.41, 5.74) is 3.59. The molecule has 0 saturated heterocycles. The SMILES string of the molecule is Cc1c(C)n(CC2CCC2)c2c(Oc3ccc(F)cc3)nccc12.Cl. The lowest BCUT2D eigenvalue weighted by Gasteiger charge is -2.27. The van der Waals surface area contributed by atoms with Crippen LogP contribution in [0.3, 0.4) is 0 Å². The molecule has 0 N–H and O–H groups in total. The fraction of sp³-hybridized carbons (Fsp3) is 0.350. The van der Waals surface area contributed by atoms with Gasteiger partial charge in [-0.1, -0.05) is 6.42 Å². The Hall–Kier alpha value is -2.07. The smallest absolute Gasteiger partial charge is 0.244 e. The maximum atomic E-state index is 13.1. The molecule has 2 aromatic heterocycles. The van der Waals surface area contributed by atoms with Gasteiger partial charge in [-0.15, -0.1) is 12.4 Å². The van der Waals surface area contributed by atoms with E-state index in [1.165, 1.54) is 48.0 Å². The molecule has 0 atom stereocenters. The highest BCUT2D eigenvalue weighted by Gasteiger charge is 2.23. The summed E-state index contributed by atoms with van der Waals surface area (Å²) in [6, 6.07) is 8.12. The third-order valence-electron chi connectivity index (χ3n) is 5.21. The first-order chi connectivity index (χ1) is 11.6. The number of aryl methyl sites for hydroxylation is 1. The molecule has 0 aliphatic heterocycles. The fourth-order valence-electron chi connectivity index (χ4n) is 3.41. The lowest BCUT2D eigenvalue weighted by molar-refractivity contribution is 0.277. The molecule has 25 heavy (non-hydrogen) atoms. The fourth-order valence-corrected chi connectivity index (χ4v) is 3.41. The van der Waals surface area contributed by atoms with Gasteiger partial charge >= 0.3 is 0 Å². The Kier molecular flexibility index (Phi) is 5.00. The number of hydrogen-bond acceptors (Lipinski definition) is 2. The quantitative estimate of drug-likeness (QED) is 0.587. The molecule has 3 nitrogen and oxygen atoms in total. The van der Waals surface area contributed by atoms with Crippen LogP contribution in [-0.2, 0) is 6.54 Å². The van der Waals surface area contributed by atoms with E-state index in [0.29, 0.717) is 11.6 Å². The van der Waals surface area contributed by atoms with Crippen LogP contribution in [0.2, 0.25) is 0 Å². The molecule has 0 amide bonds. The molecular formula is C20H22ClFN2O. The van der Waals surface area contributed by atoms with E-state index in [0.717, 1.165) is 18.0 Å². The summed E-state index contributed by atoms with van der Waals surface area (Å²) in [5, 5.41) is 1.18. The Morgan fingerprint density at radius 3 is 2.52 bits per heavy atom. The molecule has 4 rings (SSSR count). The molecule has 5 heteroatoms. The second-order valence-corrected chi connectivity index (χ2v) is 6.69. The number of ether oxygens (including phenoxy) is 1. The second-order valence-electron chi connectivity index (χ2n) is 6.69. The zero-order chi connectivity index (χ0) is 16.7. The number of nitrogens with zero attached hydrogens (tertiary/aromatic N) is 2. The second kappa shape index (κ2) is 7.04. The third-order valence-corrected chi connectivity index (χ3v) is 5.21. The van der Waals surface area contributed by atoms with E-state index in [9.17, 15) is 4.39 Å². The first-order valence-corrected chi connectivity index (χ1v) is 8.51. The van der Waals surface area contributed by atoms with Gasteiger partial charge in [-0.05, 0) is 68.5 Å². The normalized spacial score (nSPS) is 14.2. The van der Waals surface area contributed by atoms with Crippen LogP contribution in [0.15, 0.2) is 36.5 Å². The molecule has 3 aromatic rings. The highest BCUT2D eigenvalue weighted by molar-refractivity contribution is 5.89. The lowest BCUT2D eigenvalue weighted by Crippen LogP contribution is -2.18. The summed E-state index contributed by atoms with van der Waals surface area (Å²) < 4.78 is 21.5. The Bertz CT molecular complexity index is 885. The van der Waals surface area contributed by atoms with E-state index < -0.39 is 0 Å². The lowest BCUT2D eigenvalue weighted by atomic mass is 9.85. The summed E-state index contributed by atoms with van der Waals surface area (Å²) in [4.78, 5) is 4.45. The van der Waals surface area contributed by atoms with E-state index in [1.807, 2.05) is 6.07 Å². The molecule has 1 fully saturated rings. The molecular weight excluding hydrogens is 339 g/mol. The Labute approximate surface area is 153 Å². The van der Waals surface area contributed by atoms with Crippen molar-refractivity contribution < 1.29 is 9.13 Å². The van der Waals surface area contributed by atoms with E-state index in [-0.39, 0.29) is 18.2 Å². The monoisotopic (exact) mass is 360 g/mol. The molecule has 1 aliphatic carbocycles. The number of pyridine rings is 1. The topological polar surface area (TPSA) is 27.1 Å². The van der Waals surface area contributed by atoms with Crippen LogP contribution in [0.5, 0.6) is 11.6 Å². The first kappa shape index (κ1) is 17.7. The molecule has 0 spiro atoms. The van der Waals surface area contributed by atoms with Gasteiger partial charge in [0.25, 0.3) is 0 Å². The van der Waals surface area contributed by atoms with Crippen molar-refractivity contribution in [1.29, 1.82) is 0 Å². The van der Waals surface area contributed by atoms with Gasteiger partial charge in [0.05, 0.1) is 0 Å². The van der Waals surface area contributed by atoms with Crippen LogP contribution in [0, 0.1) is 25.6 Å². The van der Waals surface area contributed by atoms with Crippen LogP contribution in [0.1, 0.15) is 30.5 Å². The number of halogens is 2. The molecule has 1 saturated carbocycles. The summed E-state index contributed by atoms with van der Waals surface area (Å²) in [5.74, 6) is 1.67. The van der Waals surface area contributed by atoms with Crippen molar-refractivity contribution in [3.63, 3.8) is 0 Å². The minimum atomic E-state index is -0.270. The van der Waals surface area contributed by atoms with Gasteiger partial charge in [-0.25, -0.2) is 9.37 Å². The minimum Gasteiger partial charge on any atom is -0.437 e. The van der Waals surface area contributed by atoms with Crippen LogP contribution in [0.25, 0.3) is 10.9 Å². The van der Waals surface area contributed by atoms with E-state index in [4.69, 9.17) is 4.74 Å². The van der Waals surface area contributed by atoms with Gasteiger partial charge in [0.2, 0.25) is 5.88 Å². The van der Waals surface area contributed by atoms with Crippen molar-refractivity contribution in [3.05, 3.63) is 53.6 Å². The largest absolute Gasteiger partial charge is 0.437 e. The summed E-state index contributed by atoms with van der Waals surface area (Å²) in [6.45, 7) is 5.33. The zero-order valence-corrected chi connectivity index (χ0v) is 15.3. The minimum absolute atomic E-state index is 0. The Morgan fingerprint density at radius 2 is 1.88 bits per heavy atom. The third kappa shape index (κ3) is 3.23. The van der Waals surface area contributed by atoms with Crippen LogP contribution < -0.4 is 4.74 Å². The molecule has 0 unspecified atom stereocenters. The average molecular weight is 361 g/mol. The predicted octanol–water partition coefficient (Wildman–Crippen LogP) is 5.81. The summed E-state index contributed by atoms with van der Waals surface area (Å²) in [7, 11) is 0. The number of fused-ring (bicyclic) bond motifs is 1. The van der Waals surface area contributed by atoms with Crippen molar-refractivity contribution in [1.82, 2.24) is 9.55 Å². The molecule has 2 heterocycles. The van der Waals surface area contributed by atoms with Crippen LogP contribution >= 0.6 is 12.4 Å². The van der Waals surface area contributed by atoms with E-state index in [2.05, 4.69) is 23.4 Å². The maximum Gasteiger partial charge on any atom is 0.244 e. The van der Waals surface area contributed by atoms with Crippen molar-refractivity contribution in [2.24, 2.45) is 5.92 Å². The van der Waals surface area contributed by atoms with Gasteiger partial charge in [-0.2, -0.15) is 0 Å². The number of benzene rings is 1. The summed E-state index contributed by atoms with van der Waals surface area (Å²) >= 11 is 0. The van der Waals surface area contributed by atoms with Crippen molar-refractivity contribution >= 4 is 23.3 Å². The molecule has 0 radical (unpaired) electrons. The highest BCUT2D eigenvalue weighted by Crippen LogP contribution is 2.36. The van der Waals surface area contributed by atoms with Crippen molar-refractivity contribution in [2.75, 3.05) is 0 Å². The first-order valence-electron chi connectivity index (χ1n) is 8.51. The maximum absolute atomic E-state index is 13.1. The van der Waals surface area contributed by atoms with Gasteiger partial charge in [0.15, 0.2) is 0 Å². The van der Waals surface area contributed by atoms with Crippen LogP contribution in [-0.4, -0.2) is 9.55 Å². The molecule has 1 aromatic carbocycles. The van der Waals surface area contributed by atoms with Gasteiger partial charge in [0, 0.05) is 23.8 Å². The molecule has 1 aliphatic rings. The number of rotatable bonds is 4. The highest BCUT2D eigenvalue weighted by atomic mass is 35.5. The van der Waals surface area contributed by atoms with E-state index >= 15 is 0 Å². The van der Waals surface area contributed by atoms with Crippen LogP contribution in [0.4, 0.5) is 4.39 Å². The number of hydrogen-bond donors (Lipinski definition) is 0. The van der Waals surface area contributed by atoms with Crippen molar-refractivity contribution in [3.8, 4) is 11.6 Å². The van der Waals surface area contributed by atoms with Crippen molar-refractivity contribution in [2.45, 2.75) is 39.7 Å². The van der Waals surface area contributed by atoms with E-state index in [1.54, 1.807) is 18.3 Å². The van der Waals surface area contributed by atoms with Gasteiger partial charge in [-0.3, -0.25) is 0 Å². The molecule has 0 bridgehead atoms. The predicted molar refractivity (Wildman–Crippen MR) is 100 cm³/mol. The number of aromatic nitrogens is 2. The zero-order valence-electron chi connectivity index (χ0n) is 14.5. The standard InChI is InChI=1S/C20H21FN2O.ClH/c1-13-14(2)23(12-15-4-3-5-15)19-18(13)10-11-22-20(19)24-17-8-6-16(21)7-9-17;/h6-11,15H,3-5,12H2,1-2H3;1H. The Balaban J connectivity index is 0.00000182. The molecule has 132 valence electrons. The van der Waals surface area contributed by atoms with Gasteiger partial charge < -0.3 is 9.30 Å². The average Bonchev–Trinajstić information content (AvgIpc) is 2.79.